The van der Waals surface area contributed by atoms with Crippen LogP contribution < -0.4 is 22.3 Å². The molecule has 0 fully saturated rings. The first-order valence-corrected chi connectivity index (χ1v) is 9.26. The molecule has 2 aromatic carbocycles. The predicted molar refractivity (Wildman–Crippen MR) is 115 cm³/mol. The number of hydrogen-bond donors (Lipinski definition) is 2. The minimum Gasteiger partial charge on any atom is -0.366 e. The number of rotatable bonds is 4. The molecule has 0 atom stereocenters. The average Bonchev–Trinajstić information content (AvgIpc) is 2.78. The van der Waals surface area contributed by atoms with Crippen molar-refractivity contribution in [3.05, 3.63) is 98.8 Å². The van der Waals surface area contributed by atoms with Gasteiger partial charge in [0.15, 0.2) is 5.65 Å². The summed E-state index contributed by atoms with van der Waals surface area (Å²) in [6.45, 7) is 0. The highest BCUT2D eigenvalue weighted by Crippen LogP contribution is 2.17. The van der Waals surface area contributed by atoms with Gasteiger partial charge in [0.05, 0.1) is 27.9 Å². The molecule has 0 saturated carbocycles. The number of primary amides is 1. The van der Waals surface area contributed by atoms with Crippen molar-refractivity contribution in [2.75, 3.05) is 5.32 Å². The van der Waals surface area contributed by atoms with Crippen LogP contribution in [0.25, 0.3) is 16.7 Å². The molecule has 4 rings (SSSR count). The molecule has 2 heterocycles. The van der Waals surface area contributed by atoms with Gasteiger partial charge < -0.3 is 11.1 Å². The molecule has 0 spiro atoms. The Morgan fingerprint density at radius 1 is 1.00 bits per heavy atom. The fourth-order valence-corrected chi connectivity index (χ4v) is 3.24. The fourth-order valence-electron chi connectivity index (χ4n) is 3.24. The van der Waals surface area contributed by atoms with E-state index in [0.29, 0.717) is 5.69 Å². The molecule has 2 amide bonds. The van der Waals surface area contributed by atoms with E-state index in [9.17, 15) is 19.2 Å². The van der Waals surface area contributed by atoms with E-state index in [1.165, 1.54) is 29.9 Å². The van der Waals surface area contributed by atoms with Crippen LogP contribution in [0.1, 0.15) is 20.7 Å². The Balaban J connectivity index is 1.84. The molecule has 0 saturated heterocycles. The molecule has 3 N–H and O–H groups in total. The summed E-state index contributed by atoms with van der Waals surface area (Å²) in [5.41, 5.74) is 5.36. The zero-order valence-corrected chi connectivity index (χ0v) is 16.4. The Morgan fingerprint density at radius 3 is 2.39 bits per heavy atom. The van der Waals surface area contributed by atoms with Crippen molar-refractivity contribution in [3.63, 3.8) is 0 Å². The maximum atomic E-state index is 12.8. The monoisotopic (exact) mass is 415 g/mol. The first kappa shape index (κ1) is 19.8. The van der Waals surface area contributed by atoms with E-state index in [2.05, 4.69) is 10.3 Å². The number of anilines is 1. The van der Waals surface area contributed by atoms with E-state index < -0.39 is 23.1 Å². The van der Waals surface area contributed by atoms with Gasteiger partial charge in [-0.25, -0.2) is 14.3 Å². The summed E-state index contributed by atoms with van der Waals surface area (Å²) in [7, 11) is 1.36. The van der Waals surface area contributed by atoms with Gasteiger partial charge in [0.1, 0.15) is 0 Å². The Hall–Kier alpha value is -4.53. The van der Waals surface area contributed by atoms with Crippen molar-refractivity contribution in [2.45, 2.75) is 0 Å². The lowest BCUT2D eigenvalue weighted by Crippen LogP contribution is -2.38. The molecular weight excluding hydrogens is 398 g/mol. The molecule has 0 aliphatic rings. The zero-order chi connectivity index (χ0) is 22.1. The number of carbonyl (C=O) groups excluding carboxylic acids is 2. The Labute approximate surface area is 175 Å². The lowest BCUT2D eigenvalue weighted by atomic mass is 10.1. The van der Waals surface area contributed by atoms with Gasteiger partial charge in [0, 0.05) is 13.2 Å². The number of aromatic nitrogens is 3. The van der Waals surface area contributed by atoms with Crippen LogP contribution in [0, 0.1) is 0 Å². The summed E-state index contributed by atoms with van der Waals surface area (Å²) in [5, 5.41) is 2.71. The van der Waals surface area contributed by atoms with E-state index in [1.807, 2.05) is 0 Å². The minimum atomic E-state index is -0.687. The highest BCUT2D eigenvalue weighted by atomic mass is 16.2. The summed E-state index contributed by atoms with van der Waals surface area (Å²) < 4.78 is 2.27. The lowest BCUT2D eigenvalue weighted by molar-refractivity contribution is 0.100. The third kappa shape index (κ3) is 3.48. The van der Waals surface area contributed by atoms with E-state index >= 15 is 0 Å². The Kier molecular flexibility index (Phi) is 4.92. The largest absolute Gasteiger partial charge is 0.366 e. The Bertz CT molecular complexity index is 1450. The van der Waals surface area contributed by atoms with Crippen LogP contribution in [0.4, 0.5) is 5.69 Å². The number of hydrogen-bond acceptors (Lipinski definition) is 5. The van der Waals surface area contributed by atoms with Crippen LogP contribution >= 0.6 is 0 Å². The van der Waals surface area contributed by atoms with Crippen molar-refractivity contribution in [1.29, 1.82) is 0 Å². The summed E-state index contributed by atoms with van der Waals surface area (Å²) in [6.07, 6.45) is 1.27. The van der Waals surface area contributed by atoms with Gasteiger partial charge in [0.2, 0.25) is 0 Å². The molecule has 0 aliphatic heterocycles. The van der Waals surface area contributed by atoms with Crippen molar-refractivity contribution in [3.8, 4) is 5.69 Å². The van der Waals surface area contributed by atoms with Crippen LogP contribution in [0.3, 0.4) is 0 Å². The molecule has 154 valence electrons. The number of amides is 2. The number of fused-ring (bicyclic) bond motifs is 1. The van der Waals surface area contributed by atoms with Gasteiger partial charge in [-0.15, -0.1) is 0 Å². The first-order valence-electron chi connectivity index (χ1n) is 9.26. The normalized spacial score (nSPS) is 10.7. The predicted octanol–water partition coefficient (Wildman–Crippen LogP) is 1.44. The molecular formula is C22H17N5O4. The molecule has 31 heavy (non-hydrogen) atoms. The van der Waals surface area contributed by atoms with Crippen molar-refractivity contribution < 1.29 is 9.59 Å². The molecule has 4 aromatic rings. The van der Waals surface area contributed by atoms with Gasteiger partial charge in [-0.3, -0.25) is 19.0 Å². The van der Waals surface area contributed by atoms with Crippen LogP contribution in [-0.4, -0.2) is 25.9 Å². The number of nitrogens with zero attached hydrogens (tertiary/aromatic N) is 3. The fraction of sp³-hybridized carbons (Fsp3) is 0.0455. The number of para-hydroxylation sites is 2. The summed E-state index contributed by atoms with van der Waals surface area (Å²) in [4.78, 5) is 54.0. The highest BCUT2D eigenvalue weighted by Gasteiger charge is 2.17. The van der Waals surface area contributed by atoms with E-state index in [-0.39, 0.29) is 27.8 Å². The second kappa shape index (κ2) is 7.71. The summed E-state index contributed by atoms with van der Waals surface area (Å²) >= 11 is 0. The third-order valence-electron chi connectivity index (χ3n) is 4.81. The number of nitrogens with two attached hydrogens (primary N) is 1. The van der Waals surface area contributed by atoms with Crippen molar-refractivity contribution in [2.24, 2.45) is 12.8 Å². The molecule has 2 aromatic heterocycles. The molecule has 0 radical (unpaired) electrons. The molecule has 9 nitrogen and oxygen atoms in total. The maximum absolute atomic E-state index is 12.8. The molecule has 9 heteroatoms. The quantitative estimate of drug-likeness (QED) is 0.521. The van der Waals surface area contributed by atoms with E-state index in [0.717, 1.165) is 4.57 Å². The standard InChI is InChI=1S/C22H17N5O4/c1-26-21(30)16-11-13(20(29)25-17-10-6-5-9-15(17)18(23)28)12-24-19(16)27(22(26)31)14-7-3-2-4-8-14/h2-12H,1H3,(H2,23,28)(H,25,29). The zero-order valence-electron chi connectivity index (χ0n) is 16.4. The molecule has 0 aliphatic carbocycles. The van der Waals surface area contributed by atoms with Crippen LogP contribution in [0.15, 0.2) is 76.4 Å². The van der Waals surface area contributed by atoms with E-state index in [1.54, 1.807) is 48.5 Å². The molecule has 0 unspecified atom stereocenters. The van der Waals surface area contributed by atoms with Gasteiger partial charge in [-0.1, -0.05) is 30.3 Å². The number of nitrogens with one attached hydrogen (secondary N) is 1. The summed E-state index contributed by atoms with van der Waals surface area (Å²) in [6, 6.07) is 16.4. The van der Waals surface area contributed by atoms with Gasteiger partial charge in [-0.2, -0.15) is 0 Å². The van der Waals surface area contributed by atoms with Gasteiger partial charge in [-0.05, 0) is 30.3 Å². The maximum Gasteiger partial charge on any atom is 0.337 e. The average molecular weight is 415 g/mol. The first-order chi connectivity index (χ1) is 14.9. The smallest absolute Gasteiger partial charge is 0.337 e. The lowest BCUT2D eigenvalue weighted by Gasteiger charge is -2.12. The van der Waals surface area contributed by atoms with Crippen LogP contribution in [-0.2, 0) is 7.05 Å². The minimum absolute atomic E-state index is 0.0853. The summed E-state index contributed by atoms with van der Waals surface area (Å²) in [5.74, 6) is -1.27. The Morgan fingerprint density at radius 2 is 1.68 bits per heavy atom. The number of benzene rings is 2. The second-order valence-electron chi connectivity index (χ2n) is 6.78. The van der Waals surface area contributed by atoms with Gasteiger partial charge >= 0.3 is 5.69 Å². The highest BCUT2D eigenvalue weighted by molar-refractivity contribution is 6.09. The number of carbonyl (C=O) groups is 2. The van der Waals surface area contributed by atoms with E-state index in [4.69, 9.17) is 5.73 Å². The SMILES string of the molecule is Cn1c(=O)c2cc(C(=O)Nc3ccccc3C(N)=O)cnc2n(-c2ccccc2)c1=O. The topological polar surface area (TPSA) is 129 Å². The van der Waals surface area contributed by atoms with Crippen molar-refractivity contribution in [1.82, 2.24) is 14.1 Å². The second-order valence-corrected chi connectivity index (χ2v) is 6.78. The third-order valence-corrected chi connectivity index (χ3v) is 4.81. The van der Waals surface area contributed by atoms with Crippen LogP contribution in [0.2, 0.25) is 0 Å². The van der Waals surface area contributed by atoms with Crippen molar-refractivity contribution >= 4 is 28.5 Å². The van der Waals surface area contributed by atoms with Crippen LogP contribution in [0.5, 0.6) is 0 Å². The van der Waals surface area contributed by atoms with Gasteiger partial charge in [0.25, 0.3) is 17.4 Å². The molecule has 0 bridgehead atoms. The number of pyridine rings is 1.